The van der Waals surface area contributed by atoms with Crippen LogP contribution < -0.4 is 5.32 Å². The summed E-state index contributed by atoms with van der Waals surface area (Å²) in [6, 6.07) is 17.8. The molecule has 2 aliphatic rings. The van der Waals surface area contributed by atoms with Gasteiger partial charge in [0.05, 0.1) is 24.1 Å². The maximum Gasteiger partial charge on any atom is 0.379 e. The van der Waals surface area contributed by atoms with E-state index < -0.39 is 41.6 Å². The number of nitrogens with zero attached hydrogens (tertiary/aromatic N) is 1. The van der Waals surface area contributed by atoms with E-state index in [0.29, 0.717) is 40.1 Å². The second-order valence-electron chi connectivity index (χ2n) is 10.8. The zero-order chi connectivity index (χ0) is 30.0. The number of rotatable bonds is 8. The molecule has 0 spiro atoms. The second kappa shape index (κ2) is 12.2. The Bertz CT molecular complexity index is 1480. The molecule has 3 N–H and O–H groups in total. The summed E-state index contributed by atoms with van der Waals surface area (Å²) in [4.78, 5) is 40.7. The summed E-state index contributed by atoms with van der Waals surface area (Å²) >= 11 is 6.17. The molecule has 2 amide bonds. The highest BCUT2D eigenvalue weighted by atomic mass is 35.5. The van der Waals surface area contributed by atoms with Gasteiger partial charge in [-0.25, -0.2) is 4.79 Å². The maximum atomic E-state index is 14.0. The van der Waals surface area contributed by atoms with Crippen molar-refractivity contribution in [2.75, 3.05) is 6.54 Å². The molecule has 7 nitrogen and oxygen atoms in total. The van der Waals surface area contributed by atoms with E-state index in [9.17, 15) is 28.3 Å². The fourth-order valence-electron chi connectivity index (χ4n) is 6.12. The molecular formula is C32H31ClF2N2O5. The lowest BCUT2D eigenvalue weighted by Gasteiger charge is -2.48. The summed E-state index contributed by atoms with van der Waals surface area (Å²) in [6.45, 7) is 0.0902. The second-order valence-corrected chi connectivity index (χ2v) is 11.3. The maximum absolute atomic E-state index is 14.0. The molecule has 3 aromatic carbocycles. The Hall–Kier alpha value is -3.82. The smallest absolute Gasteiger partial charge is 0.379 e. The third-order valence-electron chi connectivity index (χ3n) is 8.19. The highest BCUT2D eigenvalue weighted by Crippen LogP contribution is 2.46. The number of alkyl halides is 2. The molecule has 0 bridgehead atoms. The predicted octanol–water partition coefficient (Wildman–Crippen LogP) is 5.46. The molecule has 1 heterocycles. The number of aliphatic hydroxyl groups is 1. The van der Waals surface area contributed by atoms with Gasteiger partial charge in [-0.15, -0.1) is 0 Å². The molecule has 1 aliphatic carbocycles. The summed E-state index contributed by atoms with van der Waals surface area (Å²) in [5.41, 5.74) is 1.45. The van der Waals surface area contributed by atoms with E-state index in [1.165, 1.54) is 6.07 Å². The Labute approximate surface area is 247 Å². The minimum absolute atomic E-state index is 0.0902. The van der Waals surface area contributed by atoms with Crippen LogP contribution in [0.4, 0.5) is 8.78 Å². The van der Waals surface area contributed by atoms with Crippen LogP contribution in [-0.2, 0) is 21.9 Å². The summed E-state index contributed by atoms with van der Waals surface area (Å²) in [5.74, 6) is -7.71. The van der Waals surface area contributed by atoms with Crippen molar-refractivity contribution in [3.63, 3.8) is 0 Å². The van der Waals surface area contributed by atoms with Gasteiger partial charge in [0.15, 0.2) is 0 Å². The van der Waals surface area contributed by atoms with Crippen molar-refractivity contribution in [1.82, 2.24) is 10.2 Å². The highest BCUT2D eigenvalue weighted by molar-refractivity contribution is 6.30. The number of carbonyl (C=O) groups is 3. The molecule has 220 valence electrons. The van der Waals surface area contributed by atoms with Crippen molar-refractivity contribution in [3.05, 3.63) is 106 Å². The van der Waals surface area contributed by atoms with Crippen LogP contribution in [0.2, 0.25) is 5.02 Å². The lowest BCUT2D eigenvalue weighted by atomic mass is 9.76. The Morgan fingerprint density at radius 2 is 1.71 bits per heavy atom. The number of fused-ring (bicyclic) bond motifs is 1. The molecule has 10 heteroatoms. The van der Waals surface area contributed by atoms with Gasteiger partial charge >= 0.3 is 11.9 Å². The monoisotopic (exact) mass is 596 g/mol. The molecule has 42 heavy (non-hydrogen) atoms. The van der Waals surface area contributed by atoms with E-state index in [4.69, 9.17) is 16.7 Å². The van der Waals surface area contributed by atoms with Crippen LogP contribution in [0.1, 0.15) is 70.3 Å². The van der Waals surface area contributed by atoms with Crippen molar-refractivity contribution in [3.8, 4) is 0 Å². The van der Waals surface area contributed by atoms with Gasteiger partial charge in [-0.3, -0.25) is 9.59 Å². The third-order valence-corrected chi connectivity index (χ3v) is 8.44. The van der Waals surface area contributed by atoms with Crippen molar-refractivity contribution in [2.24, 2.45) is 0 Å². The average molecular weight is 597 g/mol. The SMILES string of the molecule is O=C(NCCc1cccc(C(F)(F)C(=O)O)c1)[C@@H]1c2ccccc2C(=O)N([C@H]2CCCC[C@@H]2O)[C@H]1c1ccc(Cl)cc1. The van der Waals surface area contributed by atoms with Crippen LogP contribution in [0.3, 0.4) is 0 Å². The van der Waals surface area contributed by atoms with Gasteiger partial charge in [-0.1, -0.05) is 73.0 Å². The minimum Gasteiger partial charge on any atom is -0.477 e. The quantitative estimate of drug-likeness (QED) is 0.320. The van der Waals surface area contributed by atoms with E-state index in [-0.39, 0.29) is 24.8 Å². The molecule has 0 aromatic heterocycles. The zero-order valence-electron chi connectivity index (χ0n) is 22.7. The van der Waals surface area contributed by atoms with Crippen LogP contribution in [-0.4, -0.2) is 51.6 Å². The Morgan fingerprint density at radius 3 is 2.43 bits per heavy atom. The molecule has 0 radical (unpaired) electrons. The molecule has 0 unspecified atom stereocenters. The molecule has 4 atom stereocenters. The van der Waals surface area contributed by atoms with E-state index in [2.05, 4.69) is 5.32 Å². The summed E-state index contributed by atoms with van der Waals surface area (Å²) in [7, 11) is 0. The van der Waals surface area contributed by atoms with E-state index in [1.54, 1.807) is 59.5 Å². The summed E-state index contributed by atoms with van der Waals surface area (Å²) < 4.78 is 28.1. The van der Waals surface area contributed by atoms with Crippen molar-refractivity contribution in [1.29, 1.82) is 0 Å². The number of hydrogen-bond acceptors (Lipinski definition) is 4. The lowest BCUT2D eigenvalue weighted by Crippen LogP contribution is -2.55. The van der Waals surface area contributed by atoms with Crippen molar-refractivity contribution in [2.45, 2.75) is 62.1 Å². The first kappa shape index (κ1) is 29.7. The van der Waals surface area contributed by atoms with Crippen LogP contribution in [0, 0.1) is 0 Å². The van der Waals surface area contributed by atoms with Crippen LogP contribution in [0.5, 0.6) is 0 Å². The normalized spacial score (nSPS) is 22.4. The number of carboxylic acids is 1. The molecule has 1 aliphatic heterocycles. The number of amides is 2. The standard InChI is InChI=1S/C32H31ClF2N2O5/c33-22-14-12-20(13-15-22)28-27(29(39)36-17-16-19-6-5-7-21(18-19)32(34,35)31(41)42)23-8-1-2-9-24(23)30(40)37(28)25-10-3-4-11-26(25)38/h1-2,5-9,12-15,18,25-28,38H,3-4,10-11,16-17H2,(H,36,39)(H,41,42)/t25-,26-,27+,28-/m0/s1. The van der Waals surface area contributed by atoms with Gasteiger partial charge in [0, 0.05) is 22.7 Å². The lowest BCUT2D eigenvalue weighted by molar-refractivity contribution is -0.166. The number of carboxylic acid groups (broad SMARTS) is 1. The molecule has 5 rings (SSSR count). The Balaban J connectivity index is 1.47. The Morgan fingerprint density at radius 1 is 1.00 bits per heavy atom. The average Bonchev–Trinajstić information content (AvgIpc) is 2.98. The molecule has 3 aromatic rings. The number of halogens is 3. The first-order valence-corrected chi connectivity index (χ1v) is 14.3. The number of benzene rings is 3. The first-order valence-electron chi connectivity index (χ1n) is 13.9. The van der Waals surface area contributed by atoms with Crippen LogP contribution >= 0.6 is 11.6 Å². The molecule has 0 saturated heterocycles. The molecule has 1 saturated carbocycles. The van der Waals surface area contributed by atoms with E-state index in [1.807, 2.05) is 0 Å². The van der Waals surface area contributed by atoms with Crippen molar-refractivity contribution >= 4 is 29.4 Å². The van der Waals surface area contributed by atoms with Gasteiger partial charge in [-0.2, -0.15) is 8.78 Å². The largest absolute Gasteiger partial charge is 0.477 e. The third kappa shape index (κ3) is 5.76. The predicted molar refractivity (Wildman–Crippen MR) is 152 cm³/mol. The number of aliphatic hydroxyl groups excluding tert-OH is 1. The highest BCUT2D eigenvalue weighted by Gasteiger charge is 2.48. The van der Waals surface area contributed by atoms with Gasteiger partial charge in [0.1, 0.15) is 0 Å². The number of hydrogen-bond donors (Lipinski definition) is 3. The Kier molecular flexibility index (Phi) is 8.61. The minimum atomic E-state index is -4.03. The van der Waals surface area contributed by atoms with Crippen molar-refractivity contribution < 1.29 is 33.4 Å². The summed E-state index contributed by atoms with van der Waals surface area (Å²) in [5, 5.41) is 23.3. The van der Waals surface area contributed by atoms with Gasteiger partial charge < -0.3 is 20.4 Å². The fourth-order valence-corrected chi connectivity index (χ4v) is 6.24. The topological polar surface area (TPSA) is 107 Å². The first-order chi connectivity index (χ1) is 20.1. The fraction of sp³-hybridized carbons (Fsp3) is 0.344. The molecule has 1 fully saturated rings. The van der Waals surface area contributed by atoms with Gasteiger partial charge in [0.25, 0.3) is 5.91 Å². The number of carbonyl (C=O) groups excluding carboxylic acids is 2. The van der Waals surface area contributed by atoms with Crippen LogP contribution in [0.25, 0.3) is 0 Å². The zero-order valence-corrected chi connectivity index (χ0v) is 23.4. The number of nitrogens with one attached hydrogen (secondary N) is 1. The number of aliphatic carboxylic acids is 1. The van der Waals surface area contributed by atoms with E-state index >= 15 is 0 Å². The summed E-state index contributed by atoms with van der Waals surface area (Å²) in [6.07, 6.45) is 2.30. The molecular weight excluding hydrogens is 566 g/mol. The van der Waals surface area contributed by atoms with E-state index in [0.717, 1.165) is 25.0 Å². The van der Waals surface area contributed by atoms with Gasteiger partial charge in [-0.05, 0) is 60.2 Å². The van der Waals surface area contributed by atoms with Gasteiger partial charge in [0.2, 0.25) is 5.91 Å². The van der Waals surface area contributed by atoms with Crippen LogP contribution in [0.15, 0.2) is 72.8 Å².